The van der Waals surface area contributed by atoms with Gasteiger partial charge >= 0.3 is 0 Å². The van der Waals surface area contributed by atoms with Gasteiger partial charge in [0.1, 0.15) is 11.8 Å². The van der Waals surface area contributed by atoms with Gasteiger partial charge in [-0.15, -0.1) is 0 Å². The van der Waals surface area contributed by atoms with E-state index in [2.05, 4.69) is 5.43 Å². The molecule has 0 saturated carbocycles. The highest BCUT2D eigenvalue weighted by Gasteiger charge is 2.45. The van der Waals surface area contributed by atoms with Crippen LogP contribution < -0.4 is 15.1 Å². The van der Waals surface area contributed by atoms with Crippen LogP contribution >= 0.6 is 0 Å². The third-order valence-corrected chi connectivity index (χ3v) is 5.12. The van der Waals surface area contributed by atoms with E-state index in [1.165, 1.54) is 7.11 Å². The van der Waals surface area contributed by atoms with E-state index in [4.69, 9.17) is 4.74 Å². The topological polar surface area (TPSA) is 96.0 Å². The molecule has 0 spiro atoms. The summed E-state index contributed by atoms with van der Waals surface area (Å²) in [5.41, 5.74) is 5.00. The molecular formula is C23H25N3O5. The Hall–Kier alpha value is -3.68. The second-order valence-electron chi connectivity index (χ2n) is 7.39. The molecule has 1 aliphatic rings. The summed E-state index contributed by atoms with van der Waals surface area (Å²) in [5, 5.41) is 0.977. The Morgan fingerprint density at radius 3 is 2.35 bits per heavy atom. The lowest BCUT2D eigenvalue weighted by Gasteiger charge is -2.27. The number of anilines is 1. The fourth-order valence-electron chi connectivity index (χ4n) is 3.41. The van der Waals surface area contributed by atoms with Crippen LogP contribution in [0.25, 0.3) is 0 Å². The second kappa shape index (κ2) is 8.99. The Morgan fingerprint density at radius 1 is 1.10 bits per heavy atom. The number of nitrogens with one attached hydrogen (secondary N) is 1. The number of nitrogens with zero attached hydrogens (tertiary/aromatic N) is 2. The molecule has 1 N–H and O–H groups in total. The number of hydrazine groups is 1. The summed E-state index contributed by atoms with van der Waals surface area (Å²) < 4.78 is 5.31. The van der Waals surface area contributed by atoms with Crippen LogP contribution in [0.4, 0.5) is 5.69 Å². The zero-order chi connectivity index (χ0) is 22.7. The molecule has 2 aromatic carbocycles. The summed E-state index contributed by atoms with van der Waals surface area (Å²) >= 11 is 0. The van der Waals surface area contributed by atoms with Gasteiger partial charge in [-0.3, -0.25) is 24.6 Å². The van der Waals surface area contributed by atoms with Gasteiger partial charge in [0.05, 0.1) is 19.2 Å². The van der Waals surface area contributed by atoms with Crippen LogP contribution in [-0.2, 0) is 14.4 Å². The Labute approximate surface area is 180 Å². The van der Waals surface area contributed by atoms with E-state index in [0.717, 1.165) is 21.0 Å². The van der Waals surface area contributed by atoms with Crippen molar-refractivity contribution in [3.63, 3.8) is 0 Å². The van der Waals surface area contributed by atoms with Crippen molar-refractivity contribution >= 4 is 29.3 Å². The Balaban J connectivity index is 1.91. The smallest absolute Gasteiger partial charge is 0.269 e. The highest BCUT2D eigenvalue weighted by Crippen LogP contribution is 2.34. The van der Waals surface area contributed by atoms with Crippen molar-refractivity contribution < 1.29 is 23.9 Å². The molecule has 2 aromatic rings. The first-order valence-electron chi connectivity index (χ1n) is 9.98. The Bertz CT molecular complexity index is 1030. The lowest BCUT2D eigenvalue weighted by atomic mass is 10.1. The summed E-state index contributed by atoms with van der Waals surface area (Å²) in [6.45, 7) is 5.35. The standard InChI is InChI=1S/C23H25N3O5/c1-5-20(27)26(24-22(29)16-9-6-14(2)7-10-16)18-13-21(28)25(23(18)30)17-12-15(3)8-11-19(17)31-4/h6-12,18H,5,13H2,1-4H3,(H,24,29). The number of hydrogen-bond donors (Lipinski definition) is 1. The first kappa shape index (κ1) is 22.0. The molecule has 1 saturated heterocycles. The molecule has 1 fully saturated rings. The minimum Gasteiger partial charge on any atom is -0.495 e. The fraction of sp³-hybridized carbons (Fsp3) is 0.304. The van der Waals surface area contributed by atoms with Crippen molar-refractivity contribution in [2.75, 3.05) is 12.0 Å². The first-order valence-corrected chi connectivity index (χ1v) is 9.98. The Morgan fingerprint density at radius 2 is 1.74 bits per heavy atom. The summed E-state index contributed by atoms with van der Waals surface area (Å²) in [7, 11) is 1.45. The molecule has 3 rings (SSSR count). The van der Waals surface area contributed by atoms with Crippen LogP contribution in [0.15, 0.2) is 42.5 Å². The monoisotopic (exact) mass is 423 g/mol. The predicted molar refractivity (Wildman–Crippen MR) is 114 cm³/mol. The molecular weight excluding hydrogens is 398 g/mol. The SMILES string of the molecule is CCC(=O)N(NC(=O)c1ccc(C)cc1)C1CC(=O)N(c2cc(C)ccc2OC)C1=O. The van der Waals surface area contributed by atoms with Crippen molar-refractivity contribution in [2.45, 2.75) is 39.7 Å². The lowest BCUT2D eigenvalue weighted by Crippen LogP contribution is -2.54. The molecule has 1 heterocycles. The molecule has 4 amide bonds. The van der Waals surface area contributed by atoms with Crippen LogP contribution in [0, 0.1) is 13.8 Å². The van der Waals surface area contributed by atoms with Gasteiger partial charge in [0.15, 0.2) is 0 Å². The molecule has 0 radical (unpaired) electrons. The van der Waals surface area contributed by atoms with Gasteiger partial charge in [0.25, 0.3) is 11.8 Å². The minimum absolute atomic E-state index is 0.0555. The molecule has 8 nitrogen and oxygen atoms in total. The van der Waals surface area contributed by atoms with Gasteiger partial charge in [-0.25, -0.2) is 9.91 Å². The van der Waals surface area contributed by atoms with E-state index in [9.17, 15) is 19.2 Å². The van der Waals surface area contributed by atoms with Gasteiger partial charge in [-0.05, 0) is 43.7 Å². The second-order valence-corrected chi connectivity index (χ2v) is 7.39. The number of rotatable bonds is 5. The number of carbonyl (C=O) groups is 4. The van der Waals surface area contributed by atoms with Crippen molar-refractivity contribution in [3.05, 3.63) is 59.2 Å². The summed E-state index contributed by atoms with van der Waals surface area (Å²) in [5.74, 6) is -1.71. The van der Waals surface area contributed by atoms with E-state index in [0.29, 0.717) is 17.0 Å². The molecule has 1 unspecified atom stereocenters. The molecule has 1 aliphatic heterocycles. The highest BCUT2D eigenvalue weighted by atomic mass is 16.5. The largest absolute Gasteiger partial charge is 0.495 e. The van der Waals surface area contributed by atoms with Gasteiger partial charge < -0.3 is 4.74 Å². The van der Waals surface area contributed by atoms with Crippen LogP contribution in [0.1, 0.15) is 41.3 Å². The van der Waals surface area contributed by atoms with Gasteiger partial charge in [0, 0.05) is 12.0 Å². The molecule has 31 heavy (non-hydrogen) atoms. The quantitative estimate of drug-likeness (QED) is 0.589. The third-order valence-electron chi connectivity index (χ3n) is 5.12. The number of amides is 4. The number of methoxy groups -OCH3 is 1. The predicted octanol–water partition coefficient (Wildman–Crippen LogP) is 2.53. The van der Waals surface area contributed by atoms with Gasteiger partial charge in [0.2, 0.25) is 11.8 Å². The average molecular weight is 423 g/mol. The van der Waals surface area contributed by atoms with Gasteiger partial charge in [-0.1, -0.05) is 30.7 Å². The maximum absolute atomic E-state index is 13.2. The van der Waals surface area contributed by atoms with Crippen molar-refractivity contribution in [2.24, 2.45) is 0 Å². The van der Waals surface area contributed by atoms with Crippen LogP contribution in [0.5, 0.6) is 5.75 Å². The zero-order valence-electron chi connectivity index (χ0n) is 18.0. The molecule has 1 atom stereocenters. The molecule has 0 bridgehead atoms. The number of aryl methyl sites for hydroxylation is 2. The normalized spacial score (nSPS) is 15.7. The number of benzene rings is 2. The zero-order valence-corrected chi connectivity index (χ0v) is 18.0. The summed E-state index contributed by atoms with van der Waals surface area (Å²) in [4.78, 5) is 52.3. The molecule has 162 valence electrons. The van der Waals surface area contributed by atoms with E-state index in [1.807, 2.05) is 13.8 Å². The number of imide groups is 1. The van der Waals surface area contributed by atoms with E-state index >= 15 is 0 Å². The lowest BCUT2D eigenvalue weighted by molar-refractivity contribution is -0.140. The minimum atomic E-state index is -1.14. The molecule has 0 aliphatic carbocycles. The average Bonchev–Trinajstić information content (AvgIpc) is 3.05. The Kier molecular flexibility index (Phi) is 6.39. The van der Waals surface area contributed by atoms with Crippen LogP contribution in [0.2, 0.25) is 0 Å². The first-order chi connectivity index (χ1) is 14.8. The van der Waals surface area contributed by atoms with E-state index in [1.54, 1.807) is 49.4 Å². The van der Waals surface area contributed by atoms with Gasteiger partial charge in [-0.2, -0.15) is 0 Å². The summed E-state index contributed by atoms with van der Waals surface area (Å²) in [6, 6.07) is 10.8. The molecule has 0 aromatic heterocycles. The maximum Gasteiger partial charge on any atom is 0.269 e. The highest BCUT2D eigenvalue weighted by molar-refractivity contribution is 6.23. The third kappa shape index (κ3) is 4.42. The number of hydrogen-bond acceptors (Lipinski definition) is 5. The molecule has 8 heteroatoms. The number of carbonyl (C=O) groups excluding carboxylic acids is 4. The number of ether oxygens (including phenoxy) is 1. The van der Waals surface area contributed by atoms with E-state index in [-0.39, 0.29) is 12.8 Å². The van der Waals surface area contributed by atoms with Crippen LogP contribution in [-0.4, -0.2) is 41.8 Å². The van der Waals surface area contributed by atoms with Crippen molar-refractivity contribution in [1.82, 2.24) is 10.4 Å². The van der Waals surface area contributed by atoms with E-state index < -0.39 is 29.7 Å². The maximum atomic E-state index is 13.2. The fourth-order valence-corrected chi connectivity index (χ4v) is 3.41. The van der Waals surface area contributed by atoms with Crippen molar-refractivity contribution in [3.8, 4) is 5.75 Å². The summed E-state index contributed by atoms with van der Waals surface area (Å²) in [6.07, 6.45) is -0.185. The van der Waals surface area contributed by atoms with Crippen LogP contribution in [0.3, 0.4) is 0 Å². The van der Waals surface area contributed by atoms with Crippen molar-refractivity contribution in [1.29, 1.82) is 0 Å².